The summed E-state index contributed by atoms with van der Waals surface area (Å²) < 4.78 is 22.4. The summed E-state index contributed by atoms with van der Waals surface area (Å²) in [5, 5.41) is 12.9. The summed E-state index contributed by atoms with van der Waals surface area (Å²) in [6.45, 7) is 6.72. The Morgan fingerprint density at radius 2 is 2.06 bits per heavy atom. The molecule has 2 unspecified atom stereocenters. The molecule has 1 fully saturated rings. The Hall–Kier alpha value is -0.130. The van der Waals surface area contributed by atoms with E-state index in [9.17, 15) is 13.5 Å². The van der Waals surface area contributed by atoms with Crippen LogP contribution in [0.3, 0.4) is 0 Å². The van der Waals surface area contributed by atoms with E-state index in [1.165, 1.54) is 0 Å². The number of hydrogen-bond acceptors (Lipinski definition) is 4. The number of hydrogen-bond donors (Lipinski definition) is 2. The van der Waals surface area contributed by atoms with Gasteiger partial charge in [0.25, 0.3) is 0 Å². The Morgan fingerprint density at radius 1 is 1.44 bits per heavy atom. The molecule has 0 spiro atoms. The zero-order chi connectivity index (χ0) is 12.4. The molecule has 2 N–H and O–H groups in total. The van der Waals surface area contributed by atoms with Crippen LogP contribution in [0.5, 0.6) is 0 Å². The minimum absolute atomic E-state index is 0.0274. The van der Waals surface area contributed by atoms with Crippen molar-refractivity contribution in [2.75, 3.05) is 18.1 Å². The number of aliphatic hydroxyl groups excluding tert-OH is 1. The SMILES string of the molecule is CC(C)(C)CC(O)CNC1CCS(=O)(=O)C1. The third-order valence-electron chi connectivity index (χ3n) is 2.72. The second-order valence-corrected chi connectivity index (χ2v) is 8.16. The van der Waals surface area contributed by atoms with Crippen molar-refractivity contribution in [2.24, 2.45) is 5.41 Å². The lowest BCUT2D eigenvalue weighted by Crippen LogP contribution is -2.37. The molecule has 0 amide bonds. The predicted octanol–water partition coefficient (Wildman–Crippen LogP) is 0.560. The molecule has 0 bridgehead atoms. The van der Waals surface area contributed by atoms with Gasteiger partial charge in [0.2, 0.25) is 0 Å². The summed E-state index contributed by atoms with van der Waals surface area (Å²) in [5.74, 6) is 0.495. The maximum atomic E-state index is 11.2. The molecule has 1 saturated heterocycles. The minimum atomic E-state index is -2.82. The van der Waals surface area contributed by atoms with Gasteiger partial charge in [0.15, 0.2) is 9.84 Å². The standard InChI is InChI=1S/C11H23NO3S/c1-11(2,3)6-10(13)7-12-9-4-5-16(14,15)8-9/h9-10,12-13H,4-8H2,1-3H3. The fourth-order valence-electron chi connectivity index (χ4n) is 2.04. The first-order valence-electron chi connectivity index (χ1n) is 5.80. The van der Waals surface area contributed by atoms with Crippen LogP contribution in [0.4, 0.5) is 0 Å². The topological polar surface area (TPSA) is 66.4 Å². The quantitative estimate of drug-likeness (QED) is 0.764. The van der Waals surface area contributed by atoms with E-state index in [4.69, 9.17) is 0 Å². The first kappa shape index (κ1) is 13.9. The normalized spacial score (nSPS) is 26.9. The van der Waals surface area contributed by atoms with Gasteiger partial charge in [0.1, 0.15) is 0 Å². The van der Waals surface area contributed by atoms with Crippen molar-refractivity contribution in [2.45, 2.75) is 45.8 Å². The Balaban J connectivity index is 2.26. The number of rotatable bonds is 4. The van der Waals surface area contributed by atoms with E-state index in [-0.39, 0.29) is 23.0 Å². The fourth-order valence-corrected chi connectivity index (χ4v) is 3.75. The summed E-state index contributed by atoms with van der Waals surface area (Å²) >= 11 is 0. The van der Waals surface area contributed by atoms with Gasteiger partial charge in [-0.3, -0.25) is 0 Å². The number of sulfone groups is 1. The monoisotopic (exact) mass is 249 g/mol. The van der Waals surface area contributed by atoms with Crippen LogP contribution in [-0.2, 0) is 9.84 Å². The van der Waals surface area contributed by atoms with Crippen LogP contribution >= 0.6 is 0 Å². The van der Waals surface area contributed by atoms with E-state index in [2.05, 4.69) is 26.1 Å². The van der Waals surface area contributed by atoms with Crippen LogP contribution in [0.1, 0.15) is 33.6 Å². The van der Waals surface area contributed by atoms with Crippen molar-refractivity contribution in [1.82, 2.24) is 5.32 Å². The highest BCUT2D eigenvalue weighted by Gasteiger charge is 2.28. The maximum Gasteiger partial charge on any atom is 0.151 e. The molecular formula is C11H23NO3S. The van der Waals surface area contributed by atoms with Gasteiger partial charge in [-0.1, -0.05) is 20.8 Å². The second-order valence-electron chi connectivity index (χ2n) is 5.93. The van der Waals surface area contributed by atoms with Crippen molar-refractivity contribution >= 4 is 9.84 Å². The molecule has 1 heterocycles. The van der Waals surface area contributed by atoms with Crippen molar-refractivity contribution < 1.29 is 13.5 Å². The van der Waals surface area contributed by atoms with Crippen LogP contribution in [-0.4, -0.2) is 43.7 Å². The van der Waals surface area contributed by atoms with Crippen LogP contribution in [0.2, 0.25) is 0 Å². The van der Waals surface area contributed by atoms with Crippen molar-refractivity contribution in [3.63, 3.8) is 0 Å². The maximum absolute atomic E-state index is 11.2. The van der Waals surface area contributed by atoms with Crippen LogP contribution in [0, 0.1) is 5.41 Å². The largest absolute Gasteiger partial charge is 0.392 e. The minimum Gasteiger partial charge on any atom is -0.392 e. The van der Waals surface area contributed by atoms with Gasteiger partial charge in [-0.15, -0.1) is 0 Å². The molecule has 0 aromatic rings. The first-order valence-corrected chi connectivity index (χ1v) is 7.62. The Labute approximate surface area is 98.4 Å². The zero-order valence-corrected chi connectivity index (χ0v) is 11.2. The van der Waals surface area contributed by atoms with E-state index >= 15 is 0 Å². The lowest BCUT2D eigenvalue weighted by Gasteiger charge is -2.23. The highest BCUT2D eigenvalue weighted by molar-refractivity contribution is 7.91. The van der Waals surface area contributed by atoms with Gasteiger partial charge >= 0.3 is 0 Å². The van der Waals surface area contributed by atoms with Crippen molar-refractivity contribution in [3.05, 3.63) is 0 Å². The van der Waals surface area contributed by atoms with E-state index in [1.807, 2.05) is 0 Å². The Bertz CT molecular complexity index is 319. The third kappa shape index (κ3) is 5.27. The summed E-state index contributed by atoms with van der Waals surface area (Å²) in [4.78, 5) is 0. The molecule has 0 aromatic heterocycles. The molecule has 2 atom stereocenters. The van der Waals surface area contributed by atoms with Crippen LogP contribution in [0.25, 0.3) is 0 Å². The van der Waals surface area contributed by atoms with Crippen molar-refractivity contribution in [1.29, 1.82) is 0 Å². The van der Waals surface area contributed by atoms with Gasteiger partial charge in [-0.2, -0.15) is 0 Å². The summed E-state index contributed by atoms with van der Waals surface area (Å²) in [6, 6.07) is 0.0274. The van der Waals surface area contributed by atoms with E-state index in [1.54, 1.807) is 0 Å². The molecule has 1 rings (SSSR count). The number of aliphatic hydroxyl groups is 1. The molecule has 16 heavy (non-hydrogen) atoms. The highest BCUT2D eigenvalue weighted by atomic mass is 32.2. The molecule has 4 nitrogen and oxygen atoms in total. The van der Waals surface area contributed by atoms with Gasteiger partial charge in [-0.05, 0) is 18.3 Å². The number of nitrogens with one attached hydrogen (secondary N) is 1. The van der Waals surface area contributed by atoms with Gasteiger partial charge in [0, 0.05) is 12.6 Å². The van der Waals surface area contributed by atoms with E-state index in [0.29, 0.717) is 13.0 Å². The molecular weight excluding hydrogens is 226 g/mol. The molecule has 1 aliphatic rings. The molecule has 5 heteroatoms. The second kappa shape index (κ2) is 5.02. The van der Waals surface area contributed by atoms with Gasteiger partial charge < -0.3 is 10.4 Å². The molecule has 1 aliphatic heterocycles. The zero-order valence-electron chi connectivity index (χ0n) is 10.4. The summed E-state index contributed by atoms with van der Waals surface area (Å²) in [5.41, 5.74) is 0.100. The van der Waals surface area contributed by atoms with Crippen LogP contribution in [0.15, 0.2) is 0 Å². The molecule has 0 aromatic carbocycles. The van der Waals surface area contributed by atoms with E-state index in [0.717, 1.165) is 6.42 Å². The van der Waals surface area contributed by atoms with E-state index < -0.39 is 15.9 Å². The lowest BCUT2D eigenvalue weighted by atomic mass is 9.89. The molecule has 0 radical (unpaired) electrons. The average Bonchev–Trinajstić information content (AvgIpc) is 2.39. The summed E-state index contributed by atoms with van der Waals surface area (Å²) in [6.07, 6.45) is 0.993. The highest BCUT2D eigenvalue weighted by Crippen LogP contribution is 2.20. The third-order valence-corrected chi connectivity index (χ3v) is 4.49. The Kier molecular flexibility index (Phi) is 4.37. The van der Waals surface area contributed by atoms with Gasteiger partial charge in [0.05, 0.1) is 17.6 Å². The fraction of sp³-hybridized carbons (Fsp3) is 1.00. The van der Waals surface area contributed by atoms with Crippen molar-refractivity contribution in [3.8, 4) is 0 Å². The van der Waals surface area contributed by atoms with Gasteiger partial charge in [-0.25, -0.2) is 8.42 Å². The molecule has 0 aliphatic carbocycles. The molecule has 96 valence electrons. The summed E-state index contributed by atoms with van der Waals surface area (Å²) in [7, 11) is -2.82. The average molecular weight is 249 g/mol. The lowest BCUT2D eigenvalue weighted by molar-refractivity contribution is 0.117. The first-order chi connectivity index (χ1) is 7.18. The predicted molar refractivity (Wildman–Crippen MR) is 65.1 cm³/mol. The smallest absolute Gasteiger partial charge is 0.151 e. The van der Waals surface area contributed by atoms with Crippen LogP contribution < -0.4 is 5.32 Å². The molecule has 0 saturated carbocycles. The Morgan fingerprint density at radius 3 is 2.50 bits per heavy atom.